The molecule has 1 aromatic heterocycles. The summed E-state index contributed by atoms with van der Waals surface area (Å²) in [7, 11) is 0. The van der Waals surface area contributed by atoms with E-state index in [1.807, 2.05) is 36.5 Å². The number of hydrogen-bond acceptors (Lipinski definition) is 3. The van der Waals surface area contributed by atoms with Gasteiger partial charge in [0.25, 0.3) is 0 Å². The first-order chi connectivity index (χ1) is 12.2. The molecule has 0 saturated heterocycles. The van der Waals surface area contributed by atoms with Gasteiger partial charge in [0.15, 0.2) is 0 Å². The van der Waals surface area contributed by atoms with Gasteiger partial charge >= 0.3 is 0 Å². The highest BCUT2D eigenvalue weighted by Gasteiger charge is 2.04. The van der Waals surface area contributed by atoms with Gasteiger partial charge in [0.05, 0.1) is 23.5 Å². The Morgan fingerprint density at radius 1 is 1.08 bits per heavy atom. The van der Waals surface area contributed by atoms with Gasteiger partial charge in [-0.15, -0.1) is 0 Å². The summed E-state index contributed by atoms with van der Waals surface area (Å²) in [5, 5.41) is 13.1. The van der Waals surface area contributed by atoms with Crippen molar-refractivity contribution in [3.8, 4) is 11.8 Å². The third-order valence-corrected chi connectivity index (χ3v) is 4.17. The molecule has 0 aliphatic rings. The number of aryl methyl sites for hydroxylation is 2. The number of nitriles is 1. The van der Waals surface area contributed by atoms with E-state index in [-0.39, 0.29) is 6.61 Å². The maximum absolute atomic E-state index is 9.08. The highest BCUT2D eigenvalue weighted by Crippen LogP contribution is 2.16. The number of oxime groups is 1. The molecular weight excluding hydrogens is 310 g/mol. The quantitative estimate of drug-likeness (QED) is 0.510. The molecule has 4 heteroatoms. The summed E-state index contributed by atoms with van der Waals surface area (Å²) in [6.07, 6.45) is 3.68. The minimum atomic E-state index is 0.268. The minimum absolute atomic E-state index is 0.268. The maximum Gasteiger partial charge on any atom is 0.143 e. The van der Waals surface area contributed by atoms with E-state index < -0.39 is 0 Å². The van der Waals surface area contributed by atoms with Gasteiger partial charge in [0.2, 0.25) is 0 Å². The Hall–Kier alpha value is -3.32. The third kappa shape index (κ3) is 3.78. The fourth-order valence-electron chi connectivity index (χ4n) is 2.56. The van der Waals surface area contributed by atoms with Crippen LogP contribution in [0.3, 0.4) is 0 Å². The van der Waals surface area contributed by atoms with Crippen LogP contribution in [0.4, 0.5) is 0 Å². The van der Waals surface area contributed by atoms with Crippen LogP contribution in [0.25, 0.3) is 5.69 Å². The molecule has 25 heavy (non-hydrogen) atoms. The molecule has 0 saturated carbocycles. The number of nitrogens with zero attached hydrogens (tertiary/aromatic N) is 3. The van der Waals surface area contributed by atoms with E-state index in [1.54, 1.807) is 12.3 Å². The molecule has 2 aromatic carbocycles. The lowest BCUT2D eigenvalue weighted by Gasteiger charge is -2.09. The Morgan fingerprint density at radius 3 is 2.72 bits per heavy atom. The fraction of sp³-hybridized carbons (Fsp3) is 0.143. The van der Waals surface area contributed by atoms with Crippen molar-refractivity contribution in [2.75, 3.05) is 0 Å². The third-order valence-electron chi connectivity index (χ3n) is 4.17. The number of benzene rings is 2. The molecule has 3 rings (SSSR count). The standard InChI is InChI=1S/C21H19N3O/c1-16-9-10-20(12-17(16)2)24-11-5-8-21(24)14-23-25-15-19-7-4-3-6-18(19)13-22/h3-12,14H,15H2,1-2H3/b23-14-. The van der Waals surface area contributed by atoms with Crippen molar-refractivity contribution in [1.29, 1.82) is 5.26 Å². The molecule has 0 unspecified atom stereocenters. The summed E-state index contributed by atoms with van der Waals surface area (Å²) in [6, 6.07) is 19.8. The molecule has 0 bridgehead atoms. The van der Waals surface area contributed by atoms with Crippen molar-refractivity contribution >= 4 is 6.21 Å². The van der Waals surface area contributed by atoms with Gasteiger partial charge in [-0.25, -0.2) is 0 Å². The SMILES string of the molecule is Cc1ccc(-n2cccc2/C=N\OCc2ccccc2C#N)cc1C. The number of rotatable bonds is 5. The van der Waals surface area contributed by atoms with Gasteiger partial charge < -0.3 is 9.40 Å². The van der Waals surface area contributed by atoms with Crippen molar-refractivity contribution in [1.82, 2.24) is 4.57 Å². The van der Waals surface area contributed by atoms with Gasteiger partial charge in [-0.3, -0.25) is 0 Å². The largest absolute Gasteiger partial charge is 0.391 e. The molecular formula is C21H19N3O. The maximum atomic E-state index is 9.08. The van der Waals surface area contributed by atoms with E-state index in [2.05, 4.69) is 47.8 Å². The van der Waals surface area contributed by atoms with Crippen LogP contribution in [0.5, 0.6) is 0 Å². The summed E-state index contributed by atoms with van der Waals surface area (Å²) >= 11 is 0. The van der Waals surface area contributed by atoms with Crippen LogP contribution in [0.1, 0.15) is 27.9 Å². The fourth-order valence-corrected chi connectivity index (χ4v) is 2.56. The van der Waals surface area contributed by atoms with Crippen LogP contribution >= 0.6 is 0 Å². The van der Waals surface area contributed by atoms with Crippen molar-refractivity contribution in [2.24, 2.45) is 5.16 Å². The lowest BCUT2D eigenvalue weighted by molar-refractivity contribution is 0.132. The molecule has 0 aliphatic carbocycles. The lowest BCUT2D eigenvalue weighted by atomic mass is 10.1. The topological polar surface area (TPSA) is 50.3 Å². The zero-order valence-corrected chi connectivity index (χ0v) is 14.3. The van der Waals surface area contributed by atoms with E-state index in [9.17, 15) is 0 Å². The van der Waals surface area contributed by atoms with Gasteiger partial charge in [-0.1, -0.05) is 29.4 Å². The Morgan fingerprint density at radius 2 is 1.92 bits per heavy atom. The zero-order chi connectivity index (χ0) is 17.6. The van der Waals surface area contributed by atoms with Crippen molar-refractivity contribution in [2.45, 2.75) is 20.5 Å². The first kappa shape index (κ1) is 16.5. The second-order valence-corrected chi connectivity index (χ2v) is 5.85. The first-order valence-corrected chi connectivity index (χ1v) is 8.07. The predicted molar refractivity (Wildman–Crippen MR) is 98.8 cm³/mol. The molecule has 4 nitrogen and oxygen atoms in total. The van der Waals surface area contributed by atoms with E-state index in [4.69, 9.17) is 10.1 Å². The number of hydrogen-bond donors (Lipinski definition) is 0. The van der Waals surface area contributed by atoms with Crippen molar-refractivity contribution < 1.29 is 4.84 Å². The molecule has 0 fully saturated rings. The highest BCUT2D eigenvalue weighted by molar-refractivity contribution is 5.78. The summed E-state index contributed by atoms with van der Waals surface area (Å²) in [4.78, 5) is 5.37. The molecule has 3 aromatic rings. The molecule has 0 spiro atoms. The van der Waals surface area contributed by atoms with Gasteiger partial charge in [-0.05, 0) is 55.3 Å². The summed E-state index contributed by atoms with van der Waals surface area (Å²) in [5.41, 5.74) is 5.97. The smallest absolute Gasteiger partial charge is 0.143 e. The molecule has 0 aliphatic heterocycles. The Balaban J connectivity index is 1.72. The van der Waals surface area contributed by atoms with Crippen LogP contribution in [-0.2, 0) is 11.4 Å². The van der Waals surface area contributed by atoms with Crippen LogP contribution < -0.4 is 0 Å². The Bertz CT molecular complexity index is 948. The van der Waals surface area contributed by atoms with E-state index in [1.165, 1.54) is 11.1 Å². The van der Waals surface area contributed by atoms with Gasteiger partial charge in [0.1, 0.15) is 6.61 Å². The first-order valence-electron chi connectivity index (χ1n) is 8.07. The molecule has 1 heterocycles. The van der Waals surface area contributed by atoms with Crippen LogP contribution in [0.2, 0.25) is 0 Å². The second-order valence-electron chi connectivity index (χ2n) is 5.85. The summed E-state index contributed by atoms with van der Waals surface area (Å²) in [6.45, 7) is 4.47. The normalized spacial score (nSPS) is 10.8. The lowest BCUT2D eigenvalue weighted by Crippen LogP contribution is -1.99. The number of aromatic nitrogens is 1. The highest BCUT2D eigenvalue weighted by atomic mass is 16.6. The Kier molecular flexibility index (Phi) is 4.96. The van der Waals surface area contributed by atoms with Gasteiger partial charge in [0, 0.05) is 17.4 Å². The predicted octanol–water partition coefficient (Wildman–Crippen LogP) is 4.52. The van der Waals surface area contributed by atoms with Crippen LogP contribution in [0.15, 0.2) is 65.9 Å². The minimum Gasteiger partial charge on any atom is -0.391 e. The van der Waals surface area contributed by atoms with Crippen molar-refractivity contribution in [3.63, 3.8) is 0 Å². The molecule has 0 radical (unpaired) electrons. The van der Waals surface area contributed by atoms with Gasteiger partial charge in [-0.2, -0.15) is 5.26 Å². The molecule has 124 valence electrons. The van der Waals surface area contributed by atoms with E-state index in [0.29, 0.717) is 5.56 Å². The van der Waals surface area contributed by atoms with Crippen LogP contribution in [0, 0.1) is 25.2 Å². The summed E-state index contributed by atoms with van der Waals surface area (Å²) < 4.78 is 2.06. The molecule has 0 N–H and O–H groups in total. The molecule has 0 amide bonds. The van der Waals surface area contributed by atoms with Crippen LogP contribution in [-0.4, -0.2) is 10.8 Å². The summed E-state index contributed by atoms with van der Waals surface area (Å²) in [5.74, 6) is 0. The Labute approximate surface area is 147 Å². The second kappa shape index (κ2) is 7.50. The molecule has 0 atom stereocenters. The zero-order valence-electron chi connectivity index (χ0n) is 14.3. The average molecular weight is 329 g/mol. The van der Waals surface area contributed by atoms with E-state index >= 15 is 0 Å². The van der Waals surface area contributed by atoms with Crippen molar-refractivity contribution in [3.05, 3.63) is 88.7 Å². The average Bonchev–Trinajstić information content (AvgIpc) is 3.10. The monoisotopic (exact) mass is 329 g/mol. The van der Waals surface area contributed by atoms with E-state index in [0.717, 1.165) is 16.9 Å².